The van der Waals surface area contributed by atoms with E-state index in [0.717, 1.165) is 37.5 Å². The van der Waals surface area contributed by atoms with Gasteiger partial charge in [0.2, 0.25) is 5.91 Å². The molecule has 0 aromatic heterocycles. The van der Waals surface area contributed by atoms with E-state index in [1.807, 2.05) is 0 Å². The van der Waals surface area contributed by atoms with Crippen molar-refractivity contribution in [3.63, 3.8) is 0 Å². The minimum absolute atomic E-state index is 0.0173. The Bertz CT molecular complexity index is 615. The van der Waals surface area contributed by atoms with Crippen molar-refractivity contribution >= 4 is 17.8 Å². The summed E-state index contributed by atoms with van der Waals surface area (Å²) in [6.07, 6.45) is 11.6. The molecular formula is C21H31N3O3. The molecule has 2 N–H and O–H groups in total. The van der Waals surface area contributed by atoms with E-state index < -0.39 is 6.04 Å². The monoisotopic (exact) mass is 373 g/mol. The van der Waals surface area contributed by atoms with Crippen molar-refractivity contribution in [3.8, 4) is 0 Å². The second-order valence-corrected chi connectivity index (χ2v) is 9.73. The lowest BCUT2D eigenvalue weighted by Crippen LogP contribution is -2.56. The predicted octanol–water partition coefficient (Wildman–Crippen LogP) is 2.57. The highest BCUT2D eigenvalue weighted by Crippen LogP contribution is 2.53. The molecule has 1 heterocycles. The van der Waals surface area contributed by atoms with Gasteiger partial charge in [-0.2, -0.15) is 0 Å². The van der Waals surface area contributed by atoms with E-state index in [1.54, 1.807) is 0 Å². The van der Waals surface area contributed by atoms with E-state index in [2.05, 4.69) is 10.6 Å². The van der Waals surface area contributed by atoms with Crippen molar-refractivity contribution in [2.75, 3.05) is 0 Å². The number of nitrogens with zero attached hydrogens (tertiary/aromatic N) is 1. The largest absolute Gasteiger partial charge is 0.353 e. The zero-order valence-electron chi connectivity index (χ0n) is 16.0. The molecule has 6 fully saturated rings. The summed E-state index contributed by atoms with van der Waals surface area (Å²) < 4.78 is 0. The van der Waals surface area contributed by atoms with Crippen molar-refractivity contribution < 1.29 is 14.4 Å². The molecule has 148 valence electrons. The highest BCUT2D eigenvalue weighted by atomic mass is 16.2. The molecule has 1 aliphatic heterocycles. The summed E-state index contributed by atoms with van der Waals surface area (Å²) in [5.74, 6) is 2.72. The summed E-state index contributed by atoms with van der Waals surface area (Å²) in [6, 6.07) is -0.689. The van der Waals surface area contributed by atoms with Gasteiger partial charge in [-0.1, -0.05) is 19.3 Å². The van der Waals surface area contributed by atoms with Crippen LogP contribution in [0.1, 0.15) is 70.6 Å². The molecule has 6 rings (SSSR count). The van der Waals surface area contributed by atoms with Gasteiger partial charge in [-0.05, 0) is 68.6 Å². The third-order valence-electron chi connectivity index (χ3n) is 7.94. The van der Waals surface area contributed by atoms with Crippen molar-refractivity contribution in [2.45, 2.75) is 88.8 Å². The second-order valence-electron chi connectivity index (χ2n) is 9.73. The SMILES string of the molecule is O=C(CC1NC(=O)N(C2CCCCC2)C1=O)NC1C2CC3CC(C2)CC1C3. The quantitative estimate of drug-likeness (QED) is 0.744. The Balaban J connectivity index is 1.19. The first-order valence-electron chi connectivity index (χ1n) is 11.0. The van der Waals surface area contributed by atoms with Crippen LogP contribution in [0.25, 0.3) is 0 Å². The van der Waals surface area contributed by atoms with E-state index in [4.69, 9.17) is 0 Å². The molecule has 4 bridgehead atoms. The fraction of sp³-hybridized carbons (Fsp3) is 0.857. The summed E-state index contributed by atoms with van der Waals surface area (Å²) >= 11 is 0. The molecule has 1 atom stereocenters. The Kier molecular flexibility index (Phi) is 4.40. The number of imide groups is 1. The lowest BCUT2D eigenvalue weighted by Gasteiger charge is -2.54. The van der Waals surface area contributed by atoms with Gasteiger partial charge in [-0.3, -0.25) is 14.5 Å². The number of carbonyl (C=O) groups is 3. The van der Waals surface area contributed by atoms with Gasteiger partial charge in [0.15, 0.2) is 0 Å². The second kappa shape index (κ2) is 6.78. The number of carbonyl (C=O) groups excluding carboxylic acids is 3. The van der Waals surface area contributed by atoms with E-state index in [0.29, 0.717) is 11.8 Å². The molecule has 1 saturated heterocycles. The average molecular weight is 373 g/mol. The van der Waals surface area contributed by atoms with Crippen LogP contribution in [0.5, 0.6) is 0 Å². The molecule has 0 aromatic rings. The Morgan fingerprint density at radius 3 is 2.22 bits per heavy atom. The van der Waals surface area contributed by atoms with Crippen LogP contribution in [0.15, 0.2) is 0 Å². The van der Waals surface area contributed by atoms with Crippen molar-refractivity contribution in [1.82, 2.24) is 15.5 Å². The number of urea groups is 1. The zero-order valence-corrected chi connectivity index (χ0v) is 16.0. The Labute approximate surface area is 160 Å². The molecule has 0 spiro atoms. The van der Waals surface area contributed by atoms with Crippen molar-refractivity contribution in [2.24, 2.45) is 23.7 Å². The van der Waals surface area contributed by atoms with Gasteiger partial charge in [0, 0.05) is 12.1 Å². The van der Waals surface area contributed by atoms with Gasteiger partial charge in [0.1, 0.15) is 6.04 Å². The first-order chi connectivity index (χ1) is 13.1. The minimum Gasteiger partial charge on any atom is -0.353 e. The molecule has 27 heavy (non-hydrogen) atoms. The summed E-state index contributed by atoms with van der Waals surface area (Å²) in [4.78, 5) is 39.2. The number of hydrogen-bond donors (Lipinski definition) is 2. The smallest absolute Gasteiger partial charge is 0.325 e. The highest BCUT2D eigenvalue weighted by Gasteiger charge is 2.49. The molecule has 6 nitrogen and oxygen atoms in total. The molecule has 6 aliphatic rings. The molecule has 0 aromatic carbocycles. The van der Waals surface area contributed by atoms with Crippen LogP contribution >= 0.6 is 0 Å². The zero-order chi connectivity index (χ0) is 18.5. The molecule has 4 amide bonds. The van der Waals surface area contributed by atoms with Gasteiger partial charge < -0.3 is 10.6 Å². The molecule has 0 radical (unpaired) electrons. The van der Waals surface area contributed by atoms with Gasteiger partial charge in [0.05, 0.1) is 6.42 Å². The summed E-state index contributed by atoms with van der Waals surface area (Å²) in [5, 5.41) is 6.02. The summed E-state index contributed by atoms with van der Waals surface area (Å²) in [6.45, 7) is 0. The topological polar surface area (TPSA) is 78.5 Å². The third-order valence-corrected chi connectivity index (χ3v) is 7.94. The van der Waals surface area contributed by atoms with E-state index >= 15 is 0 Å². The van der Waals surface area contributed by atoms with Gasteiger partial charge in [-0.15, -0.1) is 0 Å². The maximum atomic E-state index is 12.8. The maximum absolute atomic E-state index is 12.8. The average Bonchev–Trinajstić information content (AvgIpc) is 2.91. The normalized spacial score (nSPS) is 41.1. The van der Waals surface area contributed by atoms with Crippen molar-refractivity contribution in [3.05, 3.63) is 0 Å². The predicted molar refractivity (Wildman–Crippen MR) is 99.6 cm³/mol. The minimum atomic E-state index is -0.684. The Morgan fingerprint density at radius 2 is 1.59 bits per heavy atom. The van der Waals surface area contributed by atoms with E-state index in [1.165, 1.54) is 43.4 Å². The highest BCUT2D eigenvalue weighted by molar-refractivity contribution is 6.06. The first-order valence-corrected chi connectivity index (χ1v) is 11.0. The maximum Gasteiger partial charge on any atom is 0.325 e. The number of rotatable bonds is 4. The Hall–Kier alpha value is -1.59. The van der Waals surface area contributed by atoms with E-state index in [-0.39, 0.29) is 36.3 Å². The van der Waals surface area contributed by atoms with Gasteiger partial charge in [0.25, 0.3) is 5.91 Å². The lowest BCUT2D eigenvalue weighted by molar-refractivity contribution is -0.133. The van der Waals surface area contributed by atoms with Gasteiger partial charge in [-0.25, -0.2) is 4.79 Å². The molecule has 5 aliphatic carbocycles. The molecule has 6 heteroatoms. The van der Waals surface area contributed by atoms with Crippen LogP contribution in [-0.4, -0.2) is 40.9 Å². The van der Waals surface area contributed by atoms with Crippen LogP contribution in [-0.2, 0) is 9.59 Å². The first kappa shape index (κ1) is 17.5. The standard InChI is InChI=1S/C21H31N3O3/c25-18(23-19-14-7-12-6-13(9-14)10-15(19)8-12)11-17-20(26)24(21(27)22-17)16-4-2-1-3-5-16/h12-17,19H,1-11H2,(H,22,27)(H,23,25). The fourth-order valence-corrected chi connectivity index (χ4v) is 6.96. The molecular weight excluding hydrogens is 342 g/mol. The molecule has 5 saturated carbocycles. The fourth-order valence-electron chi connectivity index (χ4n) is 6.96. The van der Waals surface area contributed by atoms with Gasteiger partial charge >= 0.3 is 6.03 Å². The van der Waals surface area contributed by atoms with Crippen LogP contribution in [0.2, 0.25) is 0 Å². The van der Waals surface area contributed by atoms with Crippen LogP contribution < -0.4 is 10.6 Å². The van der Waals surface area contributed by atoms with Crippen molar-refractivity contribution in [1.29, 1.82) is 0 Å². The Morgan fingerprint density at radius 1 is 0.963 bits per heavy atom. The van der Waals surface area contributed by atoms with Crippen LogP contribution in [0.4, 0.5) is 4.79 Å². The molecule has 1 unspecified atom stereocenters. The lowest BCUT2D eigenvalue weighted by atomic mass is 9.54. The van der Waals surface area contributed by atoms with E-state index in [9.17, 15) is 14.4 Å². The van der Waals surface area contributed by atoms with Crippen LogP contribution in [0, 0.1) is 23.7 Å². The number of nitrogens with one attached hydrogen (secondary N) is 2. The number of hydrogen-bond acceptors (Lipinski definition) is 3. The third kappa shape index (κ3) is 3.15. The summed E-state index contributed by atoms with van der Waals surface area (Å²) in [7, 11) is 0. The summed E-state index contributed by atoms with van der Waals surface area (Å²) in [5.41, 5.74) is 0. The van der Waals surface area contributed by atoms with Crippen LogP contribution in [0.3, 0.4) is 0 Å². The number of amides is 4.